The Morgan fingerprint density at radius 2 is 2.05 bits per heavy atom. The lowest BCUT2D eigenvalue weighted by Crippen LogP contribution is -2.50. The minimum absolute atomic E-state index is 0.490. The number of thiazole rings is 1. The fraction of sp³-hybridized carbons (Fsp3) is 0.438. The number of likely N-dealkylation sites (N-methyl/N-ethyl adjacent to an activating group) is 1. The second kappa shape index (κ2) is 6.13. The number of rotatable bonds is 3. The van der Waals surface area contributed by atoms with Gasteiger partial charge in [-0.2, -0.15) is 0 Å². The van der Waals surface area contributed by atoms with Crippen molar-refractivity contribution in [3.05, 3.63) is 35.2 Å². The Hall–Kier alpha value is -1.43. The highest BCUT2D eigenvalue weighted by atomic mass is 32.1. The summed E-state index contributed by atoms with van der Waals surface area (Å²) in [4.78, 5) is 10.8. The van der Waals surface area contributed by atoms with Crippen molar-refractivity contribution in [1.82, 2.24) is 9.88 Å². The molecular weight excluding hydrogens is 280 g/mol. The van der Waals surface area contributed by atoms with Crippen LogP contribution in [0.3, 0.4) is 0 Å². The summed E-state index contributed by atoms with van der Waals surface area (Å²) in [7, 11) is 2.18. The lowest BCUT2D eigenvalue weighted by Gasteiger charge is -2.38. The van der Waals surface area contributed by atoms with Crippen LogP contribution in [0.1, 0.15) is 11.8 Å². The maximum absolute atomic E-state index is 5.93. The molecule has 0 radical (unpaired) electrons. The SMILES string of the molecule is CC1CN(C)CCN1c1nc(-c2ccccc2)c(CN)s1. The van der Waals surface area contributed by atoms with Crippen LogP contribution in [0, 0.1) is 0 Å². The summed E-state index contributed by atoms with van der Waals surface area (Å²) in [6, 6.07) is 10.8. The first-order chi connectivity index (χ1) is 10.2. The summed E-state index contributed by atoms with van der Waals surface area (Å²) >= 11 is 1.74. The maximum atomic E-state index is 5.93. The highest BCUT2D eigenvalue weighted by molar-refractivity contribution is 7.16. The van der Waals surface area contributed by atoms with E-state index in [0.29, 0.717) is 12.6 Å². The van der Waals surface area contributed by atoms with Crippen molar-refractivity contribution in [3.8, 4) is 11.3 Å². The Bertz CT molecular complexity index is 596. The van der Waals surface area contributed by atoms with Crippen molar-refractivity contribution < 1.29 is 0 Å². The predicted molar refractivity (Wildman–Crippen MR) is 89.7 cm³/mol. The molecule has 0 amide bonds. The molecule has 112 valence electrons. The van der Waals surface area contributed by atoms with Gasteiger partial charge in [-0.3, -0.25) is 0 Å². The van der Waals surface area contributed by atoms with Crippen LogP contribution in [-0.2, 0) is 6.54 Å². The molecule has 1 fully saturated rings. The fourth-order valence-corrected chi connectivity index (χ4v) is 3.94. The van der Waals surface area contributed by atoms with E-state index in [1.807, 2.05) is 18.2 Å². The van der Waals surface area contributed by atoms with Crippen LogP contribution in [0.2, 0.25) is 0 Å². The lowest BCUT2D eigenvalue weighted by molar-refractivity contribution is 0.275. The fourth-order valence-electron chi connectivity index (χ4n) is 2.85. The molecule has 0 spiro atoms. The molecule has 0 aliphatic carbocycles. The Kier molecular flexibility index (Phi) is 4.24. The zero-order chi connectivity index (χ0) is 14.8. The van der Waals surface area contributed by atoms with Crippen LogP contribution in [0.4, 0.5) is 5.13 Å². The van der Waals surface area contributed by atoms with Crippen LogP contribution >= 0.6 is 11.3 Å². The number of nitrogens with zero attached hydrogens (tertiary/aromatic N) is 3. The van der Waals surface area contributed by atoms with Crippen LogP contribution in [0.15, 0.2) is 30.3 Å². The molecule has 1 unspecified atom stereocenters. The average Bonchev–Trinajstić information content (AvgIpc) is 2.92. The van der Waals surface area contributed by atoms with Gasteiger partial charge in [0.15, 0.2) is 5.13 Å². The molecule has 1 aliphatic heterocycles. The molecule has 5 heteroatoms. The first kappa shape index (κ1) is 14.5. The zero-order valence-electron chi connectivity index (χ0n) is 12.6. The van der Waals surface area contributed by atoms with Crippen molar-refractivity contribution >= 4 is 16.5 Å². The second-order valence-corrected chi connectivity index (χ2v) is 6.71. The van der Waals surface area contributed by atoms with E-state index >= 15 is 0 Å². The molecule has 21 heavy (non-hydrogen) atoms. The third-order valence-corrected chi connectivity index (χ3v) is 5.11. The van der Waals surface area contributed by atoms with E-state index in [2.05, 4.69) is 35.9 Å². The second-order valence-electron chi connectivity index (χ2n) is 5.64. The lowest BCUT2D eigenvalue weighted by atomic mass is 10.1. The van der Waals surface area contributed by atoms with Gasteiger partial charge in [-0.25, -0.2) is 4.98 Å². The molecule has 2 aromatic rings. The van der Waals surface area contributed by atoms with E-state index in [0.717, 1.165) is 36.0 Å². The maximum Gasteiger partial charge on any atom is 0.186 e. The van der Waals surface area contributed by atoms with E-state index in [9.17, 15) is 0 Å². The highest BCUT2D eigenvalue weighted by Crippen LogP contribution is 2.34. The van der Waals surface area contributed by atoms with Gasteiger partial charge < -0.3 is 15.5 Å². The van der Waals surface area contributed by atoms with Gasteiger partial charge in [0.2, 0.25) is 0 Å². The molecular formula is C16H22N4S. The molecule has 1 aromatic heterocycles. The number of piperazine rings is 1. The van der Waals surface area contributed by atoms with Crippen LogP contribution in [0.5, 0.6) is 0 Å². The summed E-state index contributed by atoms with van der Waals surface area (Å²) in [6.45, 7) is 6.01. The van der Waals surface area contributed by atoms with Crippen molar-refractivity contribution in [1.29, 1.82) is 0 Å². The van der Waals surface area contributed by atoms with Gasteiger partial charge in [0, 0.05) is 42.7 Å². The van der Waals surface area contributed by atoms with Gasteiger partial charge in [-0.15, -0.1) is 0 Å². The molecule has 1 aliphatic rings. The number of benzene rings is 1. The molecule has 2 heterocycles. The minimum Gasteiger partial charge on any atom is -0.343 e. The predicted octanol–water partition coefficient (Wildman–Crippen LogP) is 2.41. The molecule has 0 bridgehead atoms. The van der Waals surface area contributed by atoms with Crippen LogP contribution in [-0.4, -0.2) is 42.6 Å². The summed E-state index contributed by atoms with van der Waals surface area (Å²) in [5.41, 5.74) is 8.13. The van der Waals surface area contributed by atoms with Gasteiger partial charge in [-0.05, 0) is 14.0 Å². The summed E-state index contributed by atoms with van der Waals surface area (Å²) in [6.07, 6.45) is 0. The first-order valence-corrected chi connectivity index (χ1v) is 8.21. The number of aromatic nitrogens is 1. The normalized spacial score (nSPS) is 20.0. The minimum atomic E-state index is 0.490. The van der Waals surface area contributed by atoms with Crippen LogP contribution < -0.4 is 10.6 Å². The molecule has 0 saturated carbocycles. The third-order valence-electron chi connectivity index (χ3n) is 3.99. The van der Waals surface area contributed by atoms with Crippen LogP contribution in [0.25, 0.3) is 11.3 Å². The van der Waals surface area contributed by atoms with E-state index in [4.69, 9.17) is 10.7 Å². The molecule has 2 N–H and O–H groups in total. The quantitative estimate of drug-likeness (QED) is 0.946. The van der Waals surface area contributed by atoms with Gasteiger partial charge in [0.1, 0.15) is 0 Å². The molecule has 4 nitrogen and oxygen atoms in total. The zero-order valence-corrected chi connectivity index (χ0v) is 13.4. The topological polar surface area (TPSA) is 45.4 Å². The molecule has 1 aromatic carbocycles. The average molecular weight is 302 g/mol. The molecule has 3 rings (SSSR count). The van der Waals surface area contributed by atoms with E-state index in [-0.39, 0.29) is 0 Å². The van der Waals surface area contributed by atoms with E-state index < -0.39 is 0 Å². The monoisotopic (exact) mass is 302 g/mol. The Morgan fingerprint density at radius 1 is 1.29 bits per heavy atom. The van der Waals surface area contributed by atoms with Gasteiger partial charge in [0.05, 0.1) is 5.69 Å². The van der Waals surface area contributed by atoms with Crippen molar-refractivity contribution in [2.45, 2.75) is 19.5 Å². The highest BCUT2D eigenvalue weighted by Gasteiger charge is 2.25. The summed E-state index contributed by atoms with van der Waals surface area (Å²) in [5.74, 6) is 0. The molecule has 1 atom stereocenters. The Morgan fingerprint density at radius 3 is 2.71 bits per heavy atom. The van der Waals surface area contributed by atoms with Gasteiger partial charge >= 0.3 is 0 Å². The third kappa shape index (κ3) is 2.95. The Balaban J connectivity index is 1.93. The number of hydrogen-bond acceptors (Lipinski definition) is 5. The number of hydrogen-bond donors (Lipinski definition) is 1. The van der Waals surface area contributed by atoms with Gasteiger partial charge in [0.25, 0.3) is 0 Å². The summed E-state index contributed by atoms with van der Waals surface area (Å²) in [5, 5.41) is 1.11. The molecule has 1 saturated heterocycles. The smallest absolute Gasteiger partial charge is 0.186 e. The van der Waals surface area contributed by atoms with Crippen molar-refractivity contribution in [2.24, 2.45) is 5.73 Å². The van der Waals surface area contributed by atoms with E-state index in [1.54, 1.807) is 11.3 Å². The number of nitrogens with two attached hydrogens (primary N) is 1. The standard InChI is InChI=1S/C16H22N4S/c1-12-11-19(2)8-9-20(12)16-18-15(14(10-17)21-16)13-6-4-3-5-7-13/h3-7,12H,8-11,17H2,1-2H3. The van der Waals surface area contributed by atoms with Gasteiger partial charge in [-0.1, -0.05) is 41.7 Å². The largest absolute Gasteiger partial charge is 0.343 e. The first-order valence-electron chi connectivity index (χ1n) is 7.39. The van der Waals surface area contributed by atoms with Crippen molar-refractivity contribution in [2.75, 3.05) is 31.6 Å². The Labute approximate surface area is 130 Å². The van der Waals surface area contributed by atoms with E-state index in [1.165, 1.54) is 4.88 Å². The van der Waals surface area contributed by atoms with Crippen molar-refractivity contribution in [3.63, 3.8) is 0 Å². The number of anilines is 1. The summed E-state index contributed by atoms with van der Waals surface area (Å²) < 4.78 is 0.